The molecule has 5 rings (SSSR count). The highest BCUT2D eigenvalue weighted by Gasteiger charge is 2.75. The molecule has 4 heterocycles. The lowest BCUT2D eigenvalue weighted by Gasteiger charge is -2.44. The second kappa shape index (κ2) is 10.1. The zero-order valence-electron chi connectivity index (χ0n) is 24.5. The Balaban J connectivity index is 1.64. The molecule has 7 atom stereocenters. The van der Waals surface area contributed by atoms with Crippen LogP contribution in [0.3, 0.4) is 0 Å². The van der Waals surface area contributed by atoms with Crippen molar-refractivity contribution in [2.45, 2.75) is 83.3 Å². The van der Waals surface area contributed by atoms with Crippen LogP contribution in [0.5, 0.6) is 0 Å². The Morgan fingerprint density at radius 3 is 2.30 bits per heavy atom. The molecule has 0 aromatic heterocycles. The highest BCUT2D eigenvalue weighted by molar-refractivity contribution is 6.00. The van der Waals surface area contributed by atoms with E-state index >= 15 is 0 Å². The molecule has 0 bridgehead atoms. The number of aliphatic hydroxyl groups is 1. The molecule has 4 aliphatic heterocycles. The summed E-state index contributed by atoms with van der Waals surface area (Å²) < 4.78 is 6.92. The Morgan fingerprint density at radius 2 is 1.68 bits per heavy atom. The van der Waals surface area contributed by atoms with Crippen LogP contribution < -0.4 is 0 Å². The van der Waals surface area contributed by atoms with Gasteiger partial charge in [-0.25, -0.2) is 0 Å². The Bertz CT molecular complexity index is 1220. The molecule has 216 valence electrons. The third kappa shape index (κ3) is 4.31. The van der Waals surface area contributed by atoms with E-state index in [1.165, 1.54) is 0 Å². The van der Waals surface area contributed by atoms with Crippen LogP contribution in [0, 0.1) is 17.8 Å². The van der Waals surface area contributed by atoms with E-state index in [9.17, 15) is 19.5 Å². The fraction of sp³-hybridized carbons (Fsp3) is 0.594. The molecule has 0 aliphatic carbocycles. The predicted octanol–water partition coefficient (Wildman–Crippen LogP) is 3.16. The average Bonchev–Trinajstić information content (AvgIpc) is 3.17. The van der Waals surface area contributed by atoms with Crippen molar-refractivity contribution >= 4 is 17.7 Å². The molecule has 0 saturated carbocycles. The van der Waals surface area contributed by atoms with Crippen molar-refractivity contribution in [3.63, 3.8) is 0 Å². The lowest BCUT2D eigenvalue weighted by Crippen LogP contribution is -2.62. The molecule has 1 aromatic carbocycles. The van der Waals surface area contributed by atoms with Crippen LogP contribution in [0.2, 0.25) is 0 Å². The van der Waals surface area contributed by atoms with Crippen LogP contribution in [0.4, 0.5) is 0 Å². The van der Waals surface area contributed by atoms with E-state index in [1.54, 1.807) is 14.7 Å². The number of carbonyl (C=O) groups excluding carboxylic acids is 3. The van der Waals surface area contributed by atoms with E-state index in [4.69, 9.17) is 4.74 Å². The van der Waals surface area contributed by atoms with Gasteiger partial charge in [-0.3, -0.25) is 14.4 Å². The highest BCUT2D eigenvalue weighted by atomic mass is 16.5. The number of nitrogens with zero attached hydrogens (tertiary/aromatic N) is 3. The number of rotatable bonds is 6. The Labute approximate surface area is 237 Å². The maximum atomic E-state index is 14.6. The van der Waals surface area contributed by atoms with E-state index in [2.05, 4.69) is 0 Å². The van der Waals surface area contributed by atoms with Crippen molar-refractivity contribution in [2.24, 2.45) is 17.8 Å². The molecule has 2 saturated heterocycles. The predicted molar refractivity (Wildman–Crippen MR) is 152 cm³/mol. The van der Waals surface area contributed by atoms with Gasteiger partial charge in [-0.1, -0.05) is 74.9 Å². The topological polar surface area (TPSA) is 90.4 Å². The normalized spacial score (nSPS) is 33.4. The van der Waals surface area contributed by atoms with Gasteiger partial charge in [-0.15, -0.1) is 0 Å². The van der Waals surface area contributed by atoms with Crippen molar-refractivity contribution in [3.8, 4) is 0 Å². The third-order valence-electron chi connectivity index (χ3n) is 9.45. The van der Waals surface area contributed by atoms with Crippen LogP contribution in [-0.4, -0.2) is 86.0 Å². The summed E-state index contributed by atoms with van der Waals surface area (Å²) in [5, 5.41) is 10.6. The van der Waals surface area contributed by atoms with Gasteiger partial charge in [-0.05, 0) is 39.2 Å². The quantitative estimate of drug-likeness (QED) is 0.551. The Kier molecular flexibility index (Phi) is 7.24. The molecule has 0 radical (unpaired) electrons. The SMILES string of the molecule is CC[C@H](C)[C@H](CO)N1C(=O)[C@@H]2[C@H]3C(=O)N(Cc4ccccc4)CC=C[C@@]3(C)O[C@@]23C=CCN(C(C)(C)C)C(=O)C13. The second-order valence-electron chi connectivity index (χ2n) is 13.0. The zero-order chi connectivity index (χ0) is 29.0. The molecule has 1 spiro atoms. The lowest BCUT2D eigenvalue weighted by atomic mass is 9.74. The third-order valence-corrected chi connectivity index (χ3v) is 9.45. The number of hydrogen-bond acceptors (Lipinski definition) is 5. The molecule has 3 amide bonds. The Morgan fingerprint density at radius 1 is 1.00 bits per heavy atom. The zero-order valence-corrected chi connectivity index (χ0v) is 24.5. The minimum Gasteiger partial charge on any atom is -0.394 e. The van der Waals surface area contributed by atoms with E-state index in [-0.39, 0.29) is 30.2 Å². The van der Waals surface area contributed by atoms with Crippen LogP contribution in [0.25, 0.3) is 0 Å². The molecule has 1 N–H and O–H groups in total. The maximum absolute atomic E-state index is 14.6. The number of aliphatic hydroxyl groups excluding tert-OH is 1. The van der Waals surface area contributed by atoms with Gasteiger partial charge in [0.2, 0.25) is 17.7 Å². The first kappa shape index (κ1) is 28.6. The number of likely N-dealkylation sites (tertiary alicyclic amines) is 1. The summed E-state index contributed by atoms with van der Waals surface area (Å²) in [5.74, 6) is -2.44. The van der Waals surface area contributed by atoms with Gasteiger partial charge in [0.1, 0.15) is 11.6 Å². The van der Waals surface area contributed by atoms with Crippen molar-refractivity contribution < 1.29 is 24.2 Å². The summed E-state index contributed by atoms with van der Waals surface area (Å²) in [5.41, 5.74) is -1.90. The number of carbonyl (C=O) groups is 3. The molecule has 8 heteroatoms. The van der Waals surface area contributed by atoms with E-state index < -0.39 is 40.7 Å². The van der Waals surface area contributed by atoms with Crippen LogP contribution in [-0.2, 0) is 25.7 Å². The number of ether oxygens (including phenoxy) is 1. The summed E-state index contributed by atoms with van der Waals surface area (Å²) in [6.45, 7) is 12.7. The van der Waals surface area contributed by atoms with Gasteiger partial charge < -0.3 is 24.5 Å². The number of amides is 3. The van der Waals surface area contributed by atoms with Crippen molar-refractivity contribution in [3.05, 3.63) is 60.2 Å². The van der Waals surface area contributed by atoms with Gasteiger partial charge in [0.05, 0.1) is 30.1 Å². The van der Waals surface area contributed by atoms with Gasteiger partial charge in [0.15, 0.2) is 0 Å². The van der Waals surface area contributed by atoms with Gasteiger partial charge in [0, 0.05) is 25.2 Å². The molecule has 40 heavy (non-hydrogen) atoms. The van der Waals surface area contributed by atoms with E-state index in [1.807, 2.05) is 96.2 Å². The Hall–Kier alpha value is -2.97. The first-order valence-corrected chi connectivity index (χ1v) is 14.5. The molecule has 8 nitrogen and oxygen atoms in total. The monoisotopic (exact) mass is 549 g/mol. The summed E-state index contributed by atoms with van der Waals surface area (Å²) in [6, 6.07) is 8.24. The lowest BCUT2D eigenvalue weighted by molar-refractivity contribution is -0.159. The van der Waals surface area contributed by atoms with Crippen molar-refractivity contribution in [1.29, 1.82) is 0 Å². The molecular formula is C32H43N3O5. The summed E-state index contributed by atoms with van der Waals surface area (Å²) in [6.07, 6.45) is 8.35. The van der Waals surface area contributed by atoms with Crippen molar-refractivity contribution in [1.82, 2.24) is 14.7 Å². The standard InChI is InChI=1S/C32H43N3O5/c1-7-21(2)23(20-36)35-26-29(39)34(30(3,4)5)18-12-16-32(26)25(28(35)38)24-27(37)33(17-11-15-31(24,6)40-32)19-22-13-9-8-10-14-22/h8-16,21,23-26,36H,7,17-20H2,1-6H3/t21-,23-,24-,25-,26?,31+,32-/m0/s1. The molecule has 1 aromatic rings. The first-order valence-electron chi connectivity index (χ1n) is 14.5. The number of fused-ring (bicyclic) bond motifs is 2. The van der Waals surface area contributed by atoms with Crippen LogP contribution >= 0.6 is 0 Å². The minimum atomic E-state index is -1.33. The smallest absolute Gasteiger partial charge is 0.249 e. The van der Waals surface area contributed by atoms with Gasteiger partial charge in [-0.2, -0.15) is 0 Å². The number of hydrogen-bond donors (Lipinski definition) is 1. The summed E-state index contributed by atoms with van der Waals surface area (Å²) in [7, 11) is 0. The largest absolute Gasteiger partial charge is 0.394 e. The summed E-state index contributed by atoms with van der Waals surface area (Å²) >= 11 is 0. The number of benzene rings is 1. The van der Waals surface area contributed by atoms with E-state index in [0.29, 0.717) is 19.6 Å². The highest BCUT2D eigenvalue weighted by Crippen LogP contribution is 2.58. The van der Waals surface area contributed by atoms with Gasteiger partial charge >= 0.3 is 0 Å². The average molecular weight is 550 g/mol. The fourth-order valence-corrected chi connectivity index (χ4v) is 7.23. The minimum absolute atomic E-state index is 0.0568. The fourth-order valence-electron chi connectivity index (χ4n) is 7.23. The molecular weight excluding hydrogens is 506 g/mol. The first-order chi connectivity index (χ1) is 18.9. The summed E-state index contributed by atoms with van der Waals surface area (Å²) in [4.78, 5) is 48.6. The van der Waals surface area contributed by atoms with Crippen LogP contribution in [0.15, 0.2) is 54.6 Å². The van der Waals surface area contributed by atoms with Crippen LogP contribution in [0.1, 0.15) is 53.5 Å². The van der Waals surface area contributed by atoms with Crippen molar-refractivity contribution in [2.75, 3.05) is 19.7 Å². The maximum Gasteiger partial charge on any atom is 0.249 e. The molecule has 4 aliphatic rings. The van der Waals surface area contributed by atoms with E-state index in [0.717, 1.165) is 12.0 Å². The molecule has 2 fully saturated rings. The molecule has 1 unspecified atom stereocenters. The second-order valence-corrected chi connectivity index (χ2v) is 13.0. The van der Waals surface area contributed by atoms with Gasteiger partial charge in [0.25, 0.3) is 0 Å².